The third-order valence-corrected chi connectivity index (χ3v) is 4.71. The highest BCUT2D eigenvalue weighted by molar-refractivity contribution is 5.93. The van der Waals surface area contributed by atoms with Gasteiger partial charge in [0.25, 0.3) is 0 Å². The predicted molar refractivity (Wildman–Crippen MR) is 108 cm³/mol. The monoisotopic (exact) mass is 369 g/mol. The van der Waals surface area contributed by atoms with Gasteiger partial charge in [0.05, 0.1) is 25.6 Å². The lowest BCUT2D eigenvalue weighted by atomic mass is 10.1. The third kappa shape index (κ3) is 5.06. The number of urea groups is 1. The normalized spacial score (nSPS) is 13.8. The van der Waals surface area contributed by atoms with Crippen LogP contribution < -0.4 is 25.0 Å². The van der Waals surface area contributed by atoms with E-state index >= 15 is 0 Å². The Labute approximate surface area is 160 Å². The number of hydrogen-bond acceptors (Lipinski definition) is 4. The zero-order valence-corrected chi connectivity index (χ0v) is 16.0. The number of ether oxygens (including phenoxy) is 2. The molecule has 0 atom stereocenters. The summed E-state index contributed by atoms with van der Waals surface area (Å²) >= 11 is 0. The molecule has 6 nitrogen and oxygen atoms in total. The molecule has 2 N–H and O–H groups in total. The first kappa shape index (κ1) is 18.9. The van der Waals surface area contributed by atoms with Crippen molar-refractivity contribution in [2.45, 2.75) is 25.8 Å². The van der Waals surface area contributed by atoms with Crippen LogP contribution in [0.4, 0.5) is 16.2 Å². The van der Waals surface area contributed by atoms with E-state index in [4.69, 9.17) is 9.47 Å². The molecule has 2 aromatic carbocycles. The molecule has 1 aliphatic heterocycles. The Balaban J connectivity index is 1.63. The molecule has 1 fully saturated rings. The number of amides is 2. The van der Waals surface area contributed by atoms with E-state index in [1.54, 1.807) is 20.3 Å². The molecule has 2 aromatic rings. The average Bonchev–Trinajstić information content (AvgIpc) is 2.73. The molecule has 3 rings (SSSR count). The standard InChI is InChI=1S/C21H27N3O3/c1-26-17-12-16(13-18(14-17)27-2)15-22-21(25)23-19-8-4-5-9-20(19)24-10-6-3-7-11-24/h4-5,8-9,12-14H,3,6-7,10-11,15H2,1-2H3,(H2,22,23,25). The maximum absolute atomic E-state index is 12.4. The number of benzene rings is 2. The Bertz CT molecular complexity index is 751. The van der Waals surface area contributed by atoms with Gasteiger partial charge in [-0.3, -0.25) is 0 Å². The number of hydrogen-bond donors (Lipinski definition) is 2. The van der Waals surface area contributed by atoms with Gasteiger partial charge in [-0.25, -0.2) is 4.79 Å². The van der Waals surface area contributed by atoms with Gasteiger partial charge in [0, 0.05) is 25.7 Å². The first-order valence-electron chi connectivity index (χ1n) is 9.30. The average molecular weight is 369 g/mol. The molecule has 0 aliphatic carbocycles. The number of carbonyl (C=O) groups excluding carboxylic acids is 1. The smallest absolute Gasteiger partial charge is 0.319 e. The van der Waals surface area contributed by atoms with Gasteiger partial charge in [-0.2, -0.15) is 0 Å². The fourth-order valence-corrected chi connectivity index (χ4v) is 3.31. The highest BCUT2D eigenvalue weighted by atomic mass is 16.5. The summed E-state index contributed by atoms with van der Waals surface area (Å²) < 4.78 is 10.5. The van der Waals surface area contributed by atoms with Gasteiger partial charge in [-0.05, 0) is 49.1 Å². The van der Waals surface area contributed by atoms with Crippen LogP contribution in [-0.4, -0.2) is 33.3 Å². The highest BCUT2D eigenvalue weighted by Crippen LogP contribution is 2.28. The van der Waals surface area contributed by atoms with E-state index in [-0.39, 0.29) is 6.03 Å². The second-order valence-electron chi connectivity index (χ2n) is 6.59. The van der Waals surface area contributed by atoms with Crippen LogP contribution in [0, 0.1) is 0 Å². The summed E-state index contributed by atoms with van der Waals surface area (Å²) in [5, 5.41) is 5.88. The van der Waals surface area contributed by atoms with Crippen LogP contribution in [-0.2, 0) is 6.54 Å². The molecular formula is C21H27N3O3. The zero-order valence-electron chi connectivity index (χ0n) is 16.0. The fraction of sp³-hybridized carbons (Fsp3) is 0.381. The lowest BCUT2D eigenvalue weighted by molar-refractivity contribution is 0.251. The van der Waals surface area contributed by atoms with Crippen molar-refractivity contribution in [1.82, 2.24) is 5.32 Å². The van der Waals surface area contributed by atoms with Crippen molar-refractivity contribution in [2.24, 2.45) is 0 Å². The fourth-order valence-electron chi connectivity index (χ4n) is 3.31. The van der Waals surface area contributed by atoms with Gasteiger partial charge >= 0.3 is 6.03 Å². The SMILES string of the molecule is COc1cc(CNC(=O)Nc2ccccc2N2CCCCC2)cc(OC)c1. The molecule has 0 bridgehead atoms. The van der Waals surface area contributed by atoms with Gasteiger partial charge in [0.2, 0.25) is 0 Å². The Kier molecular flexibility index (Phi) is 6.41. The van der Waals surface area contributed by atoms with Crippen molar-refractivity contribution >= 4 is 17.4 Å². The van der Waals surface area contributed by atoms with Gasteiger partial charge in [0.15, 0.2) is 0 Å². The number of methoxy groups -OCH3 is 2. The van der Waals surface area contributed by atoms with Crippen molar-refractivity contribution in [2.75, 3.05) is 37.5 Å². The molecular weight excluding hydrogens is 342 g/mol. The zero-order chi connectivity index (χ0) is 19.1. The van der Waals surface area contributed by atoms with Crippen LogP contribution in [0.5, 0.6) is 11.5 Å². The van der Waals surface area contributed by atoms with E-state index in [1.165, 1.54) is 19.3 Å². The minimum Gasteiger partial charge on any atom is -0.497 e. The summed E-state index contributed by atoms with van der Waals surface area (Å²) in [7, 11) is 3.21. The van der Waals surface area contributed by atoms with Crippen molar-refractivity contribution in [3.8, 4) is 11.5 Å². The topological polar surface area (TPSA) is 62.8 Å². The van der Waals surface area contributed by atoms with E-state index in [0.29, 0.717) is 18.0 Å². The van der Waals surface area contributed by atoms with Crippen LogP contribution >= 0.6 is 0 Å². The van der Waals surface area contributed by atoms with Crippen LogP contribution in [0.25, 0.3) is 0 Å². The Morgan fingerprint density at radius 2 is 1.67 bits per heavy atom. The van der Waals surface area contributed by atoms with E-state index < -0.39 is 0 Å². The molecule has 0 unspecified atom stereocenters. The van der Waals surface area contributed by atoms with E-state index in [9.17, 15) is 4.79 Å². The van der Waals surface area contributed by atoms with Crippen LogP contribution in [0.15, 0.2) is 42.5 Å². The van der Waals surface area contributed by atoms with Crippen LogP contribution in [0.1, 0.15) is 24.8 Å². The van der Waals surface area contributed by atoms with E-state index in [1.807, 2.05) is 30.3 Å². The van der Waals surface area contributed by atoms with Gasteiger partial charge in [0.1, 0.15) is 11.5 Å². The Hall–Kier alpha value is -2.89. The lowest BCUT2D eigenvalue weighted by Crippen LogP contribution is -2.32. The van der Waals surface area contributed by atoms with Crippen molar-refractivity contribution < 1.29 is 14.3 Å². The third-order valence-electron chi connectivity index (χ3n) is 4.71. The predicted octanol–water partition coefficient (Wildman–Crippen LogP) is 4.02. The summed E-state index contributed by atoms with van der Waals surface area (Å²) in [4.78, 5) is 14.8. The number of rotatable bonds is 6. The minimum atomic E-state index is -0.235. The summed E-state index contributed by atoms with van der Waals surface area (Å²) in [5.41, 5.74) is 2.82. The van der Waals surface area contributed by atoms with E-state index in [2.05, 4.69) is 21.6 Å². The van der Waals surface area contributed by atoms with Crippen LogP contribution in [0.3, 0.4) is 0 Å². The molecule has 0 saturated carbocycles. The first-order valence-corrected chi connectivity index (χ1v) is 9.30. The molecule has 6 heteroatoms. The highest BCUT2D eigenvalue weighted by Gasteiger charge is 2.15. The number of nitrogens with one attached hydrogen (secondary N) is 2. The van der Waals surface area contributed by atoms with E-state index in [0.717, 1.165) is 30.0 Å². The number of carbonyl (C=O) groups is 1. The molecule has 0 radical (unpaired) electrons. The number of nitrogens with zero attached hydrogens (tertiary/aromatic N) is 1. The van der Waals surface area contributed by atoms with Gasteiger partial charge < -0.3 is 25.0 Å². The van der Waals surface area contributed by atoms with Crippen molar-refractivity contribution in [1.29, 1.82) is 0 Å². The maximum Gasteiger partial charge on any atom is 0.319 e. The molecule has 0 spiro atoms. The molecule has 1 heterocycles. The molecule has 144 valence electrons. The Morgan fingerprint density at radius 1 is 1.00 bits per heavy atom. The molecule has 27 heavy (non-hydrogen) atoms. The summed E-state index contributed by atoms with van der Waals surface area (Å²) in [5.74, 6) is 1.39. The summed E-state index contributed by atoms with van der Waals surface area (Å²) in [6.07, 6.45) is 3.66. The van der Waals surface area contributed by atoms with Crippen LogP contribution in [0.2, 0.25) is 0 Å². The lowest BCUT2D eigenvalue weighted by Gasteiger charge is -2.30. The second kappa shape index (κ2) is 9.16. The van der Waals surface area contributed by atoms with Gasteiger partial charge in [-0.15, -0.1) is 0 Å². The molecule has 1 aliphatic rings. The maximum atomic E-state index is 12.4. The summed E-state index contributed by atoms with van der Waals surface area (Å²) in [6, 6.07) is 13.3. The number of piperidine rings is 1. The van der Waals surface area contributed by atoms with Gasteiger partial charge in [-0.1, -0.05) is 12.1 Å². The van der Waals surface area contributed by atoms with Crippen molar-refractivity contribution in [3.63, 3.8) is 0 Å². The quantitative estimate of drug-likeness (QED) is 0.807. The second-order valence-corrected chi connectivity index (χ2v) is 6.59. The number of para-hydroxylation sites is 2. The minimum absolute atomic E-state index is 0.235. The largest absolute Gasteiger partial charge is 0.497 e. The van der Waals surface area contributed by atoms with Crippen molar-refractivity contribution in [3.05, 3.63) is 48.0 Å². The first-order chi connectivity index (χ1) is 13.2. The molecule has 2 amide bonds. The summed E-state index contributed by atoms with van der Waals surface area (Å²) in [6.45, 7) is 2.44. The molecule has 1 saturated heterocycles. The number of anilines is 2. The Morgan fingerprint density at radius 3 is 2.33 bits per heavy atom. The molecule has 0 aromatic heterocycles.